The van der Waals surface area contributed by atoms with Gasteiger partial charge in [-0.2, -0.15) is 0 Å². The van der Waals surface area contributed by atoms with Crippen molar-refractivity contribution < 1.29 is 14.6 Å². The predicted molar refractivity (Wildman–Crippen MR) is 65.8 cm³/mol. The monoisotopic (exact) mass is 243 g/mol. The van der Waals surface area contributed by atoms with Gasteiger partial charge >= 0.3 is 0 Å². The molecule has 2 saturated heterocycles. The molecule has 0 spiro atoms. The molecular weight excluding hydrogens is 218 g/mol. The van der Waals surface area contributed by atoms with Crippen LogP contribution in [0.2, 0.25) is 0 Å². The Morgan fingerprint density at radius 3 is 2.94 bits per heavy atom. The standard InChI is InChI=1S/C13H25NO3/c1-11-5-6-14(10-12(11)15)7-9-17-13-4-2-3-8-16-13/h11-13,15H,2-10H2,1H3. The number of aliphatic hydroxyl groups excluding tert-OH is 1. The zero-order valence-electron chi connectivity index (χ0n) is 10.8. The largest absolute Gasteiger partial charge is 0.392 e. The van der Waals surface area contributed by atoms with E-state index in [-0.39, 0.29) is 12.4 Å². The van der Waals surface area contributed by atoms with Gasteiger partial charge in [0.15, 0.2) is 6.29 Å². The summed E-state index contributed by atoms with van der Waals surface area (Å²) in [6, 6.07) is 0. The Morgan fingerprint density at radius 2 is 2.24 bits per heavy atom. The quantitative estimate of drug-likeness (QED) is 0.806. The summed E-state index contributed by atoms with van der Waals surface area (Å²) in [5, 5.41) is 9.79. The molecule has 100 valence electrons. The lowest BCUT2D eigenvalue weighted by Crippen LogP contribution is -2.44. The summed E-state index contributed by atoms with van der Waals surface area (Å²) in [4.78, 5) is 2.29. The highest BCUT2D eigenvalue weighted by Crippen LogP contribution is 2.17. The van der Waals surface area contributed by atoms with Gasteiger partial charge in [-0.25, -0.2) is 0 Å². The van der Waals surface area contributed by atoms with E-state index in [9.17, 15) is 5.11 Å². The summed E-state index contributed by atoms with van der Waals surface area (Å²) >= 11 is 0. The number of ether oxygens (including phenoxy) is 2. The maximum atomic E-state index is 9.79. The first kappa shape index (κ1) is 13.3. The third-order valence-electron chi connectivity index (χ3n) is 3.85. The molecular formula is C13H25NO3. The fraction of sp³-hybridized carbons (Fsp3) is 1.00. The fourth-order valence-electron chi connectivity index (χ4n) is 2.47. The number of hydrogen-bond donors (Lipinski definition) is 1. The summed E-state index contributed by atoms with van der Waals surface area (Å²) in [5.41, 5.74) is 0. The number of aliphatic hydroxyl groups is 1. The van der Waals surface area contributed by atoms with Gasteiger partial charge < -0.3 is 14.6 Å². The molecule has 0 saturated carbocycles. The molecule has 17 heavy (non-hydrogen) atoms. The van der Waals surface area contributed by atoms with Gasteiger partial charge in [0, 0.05) is 19.7 Å². The molecule has 3 unspecified atom stereocenters. The molecule has 0 aromatic rings. The summed E-state index contributed by atoms with van der Waals surface area (Å²) < 4.78 is 11.2. The third-order valence-corrected chi connectivity index (χ3v) is 3.85. The lowest BCUT2D eigenvalue weighted by molar-refractivity contribution is -0.165. The highest BCUT2D eigenvalue weighted by Gasteiger charge is 2.24. The van der Waals surface area contributed by atoms with Crippen LogP contribution in [0.1, 0.15) is 32.6 Å². The zero-order valence-corrected chi connectivity index (χ0v) is 10.8. The van der Waals surface area contributed by atoms with Crippen molar-refractivity contribution in [1.29, 1.82) is 0 Å². The van der Waals surface area contributed by atoms with Gasteiger partial charge in [-0.15, -0.1) is 0 Å². The maximum Gasteiger partial charge on any atom is 0.157 e. The molecule has 0 aliphatic carbocycles. The number of β-amino-alcohol motifs (C(OH)–C–C–N with tert-alkyl or cyclic N) is 1. The predicted octanol–water partition coefficient (Wildman–Crippen LogP) is 1.23. The van der Waals surface area contributed by atoms with Crippen LogP contribution in [0, 0.1) is 5.92 Å². The summed E-state index contributed by atoms with van der Waals surface area (Å²) in [6.07, 6.45) is 4.33. The second-order valence-electron chi connectivity index (χ2n) is 5.30. The molecule has 1 N–H and O–H groups in total. The third kappa shape index (κ3) is 4.21. The molecule has 2 fully saturated rings. The minimum atomic E-state index is -0.172. The van der Waals surface area contributed by atoms with Crippen LogP contribution < -0.4 is 0 Å². The van der Waals surface area contributed by atoms with Crippen LogP contribution >= 0.6 is 0 Å². The number of nitrogens with zero attached hydrogens (tertiary/aromatic N) is 1. The van der Waals surface area contributed by atoms with Crippen molar-refractivity contribution in [3.8, 4) is 0 Å². The van der Waals surface area contributed by atoms with Crippen molar-refractivity contribution >= 4 is 0 Å². The van der Waals surface area contributed by atoms with Gasteiger partial charge in [-0.05, 0) is 38.1 Å². The van der Waals surface area contributed by atoms with Gasteiger partial charge in [-0.1, -0.05) is 6.92 Å². The Balaban J connectivity index is 1.58. The van der Waals surface area contributed by atoms with Crippen LogP contribution in [0.25, 0.3) is 0 Å². The van der Waals surface area contributed by atoms with Crippen molar-refractivity contribution in [3.05, 3.63) is 0 Å². The molecule has 2 heterocycles. The molecule has 4 heteroatoms. The van der Waals surface area contributed by atoms with E-state index in [2.05, 4.69) is 11.8 Å². The Labute approximate surface area is 104 Å². The van der Waals surface area contributed by atoms with E-state index in [0.717, 1.165) is 45.5 Å². The van der Waals surface area contributed by atoms with Gasteiger partial charge in [0.05, 0.1) is 12.7 Å². The molecule has 3 atom stereocenters. The molecule has 4 nitrogen and oxygen atoms in total. The van der Waals surface area contributed by atoms with Crippen LogP contribution in [0.5, 0.6) is 0 Å². The van der Waals surface area contributed by atoms with Crippen LogP contribution in [0.3, 0.4) is 0 Å². The molecule has 2 aliphatic heterocycles. The number of piperidine rings is 1. The average Bonchev–Trinajstić information content (AvgIpc) is 2.35. The molecule has 0 radical (unpaired) electrons. The summed E-state index contributed by atoms with van der Waals surface area (Å²) in [6.45, 7) is 6.44. The number of rotatable bonds is 4. The summed E-state index contributed by atoms with van der Waals surface area (Å²) in [7, 11) is 0. The first-order valence-corrected chi connectivity index (χ1v) is 6.89. The van der Waals surface area contributed by atoms with Crippen LogP contribution in [-0.2, 0) is 9.47 Å². The fourth-order valence-corrected chi connectivity index (χ4v) is 2.47. The first-order valence-electron chi connectivity index (χ1n) is 6.89. The second kappa shape index (κ2) is 6.69. The molecule has 0 amide bonds. The van der Waals surface area contributed by atoms with E-state index in [1.165, 1.54) is 6.42 Å². The number of hydrogen-bond acceptors (Lipinski definition) is 4. The summed E-state index contributed by atoms with van der Waals surface area (Å²) in [5.74, 6) is 0.439. The highest BCUT2D eigenvalue weighted by molar-refractivity contribution is 4.76. The molecule has 2 rings (SSSR count). The van der Waals surface area contributed by atoms with Crippen LogP contribution in [-0.4, -0.2) is 55.2 Å². The Hall–Kier alpha value is -0.160. The van der Waals surface area contributed by atoms with E-state index in [4.69, 9.17) is 9.47 Å². The lowest BCUT2D eigenvalue weighted by atomic mass is 9.96. The van der Waals surface area contributed by atoms with Gasteiger partial charge in [0.2, 0.25) is 0 Å². The lowest BCUT2D eigenvalue weighted by Gasteiger charge is -2.34. The van der Waals surface area contributed by atoms with E-state index < -0.39 is 0 Å². The molecule has 0 aromatic heterocycles. The first-order chi connectivity index (χ1) is 8.25. The van der Waals surface area contributed by atoms with Gasteiger partial charge in [-0.3, -0.25) is 4.90 Å². The average molecular weight is 243 g/mol. The topological polar surface area (TPSA) is 41.9 Å². The number of likely N-dealkylation sites (tertiary alicyclic amines) is 1. The molecule has 2 aliphatic rings. The minimum absolute atomic E-state index is 0.0115. The molecule has 0 aromatic carbocycles. The minimum Gasteiger partial charge on any atom is -0.392 e. The maximum absolute atomic E-state index is 9.79. The molecule has 0 bridgehead atoms. The smallest absolute Gasteiger partial charge is 0.157 e. The van der Waals surface area contributed by atoms with Crippen LogP contribution in [0.4, 0.5) is 0 Å². The van der Waals surface area contributed by atoms with Crippen molar-refractivity contribution in [3.63, 3.8) is 0 Å². The van der Waals surface area contributed by atoms with E-state index in [1.807, 2.05) is 0 Å². The van der Waals surface area contributed by atoms with Gasteiger partial charge in [0.25, 0.3) is 0 Å². The van der Waals surface area contributed by atoms with E-state index in [0.29, 0.717) is 12.5 Å². The van der Waals surface area contributed by atoms with Crippen molar-refractivity contribution in [2.75, 3.05) is 32.8 Å². The Bertz CT molecular complexity index is 219. The van der Waals surface area contributed by atoms with Crippen molar-refractivity contribution in [1.82, 2.24) is 4.90 Å². The SMILES string of the molecule is CC1CCN(CCOC2CCCCO2)CC1O. The normalized spacial score (nSPS) is 36.0. The van der Waals surface area contributed by atoms with Crippen molar-refractivity contribution in [2.24, 2.45) is 5.92 Å². The van der Waals surface area contributed by atoms with Crippen LogP contribution in [0.15, 0.2) is 0 Å². The highest BCUT2D eigenvalue weighted by atomic mass is 16.7. The zero-order chi connectivity index (χ0) is 12.1. The Kier molecular flexibility index (Phi) is 5.22. The van der Waals surface area contributed by atoms with Crippen molar-refractivity contribution in [2.45, 2.75) is 45.0 Å². The second-order valence-corrected chi connectivity index (χ2v) is 5.30. The van der Waals surface area contributed by atoms with Gasteiger partial charge in [0.1, 0.15) is 0 Å². The van der Waals surface area contributed by atoms with E-state index in [1.54, 1.807) is 0 Å². The van der Waals surface area contributed by atoms with E-state index >= 15 is 0 Å². The Morgan fingerprint density at radius 1 is 1.35 bits per heavy atom.